The van der Waals surface area contributed by atoms with Gasteiger partial charge in [-0.15, -0.1) is 0 Å². The van der Waals surface area contributed by atoms with Gasteiger partial charge in [0.15, 0.2) is 0 Å². The van der Waals surface area contributed by atoms with E-state index in [1.807, 2.05) is 13.8 Å². The van der Waals surface area contributed by atoms with Crippen molar-refractivity contribution in [2.45, 2.75) is 76.4 Å². The van der Waals surface area contributed by atoms with E-state index >= 15 is 0 Å². The Morgan fingerprint density at radius 3 is 2.19 bits per heavy atom. The molecular weight excluding hydrogens is 629 g/mol. The lowest BCUT2D eigenvalue weighted by Crippen LogP contribution is -2.53. The lowest BCUT2D eigenvalue weighted by molar-refractivity contribution is -0.139. The number of sulfonamides is 1. The summed E-state index contributed by atoms with van der Waals surface area (Å²) in [6.45, 7) is 4.77. The predicted octanol–water partition coefficient (Wildman–Crippen LogP) is 7.33. The van der Waals surface area contributed by atoms with E-state index in [1.165, 1.54) is 23.1 Å². The zero-order valence-electron chi connectivity index (χ0n) is 24.4. The third-order valence-electron chi connectivity index (χ3n) is 7.79. The van der Waals surface area contributed by atoms with Gasteiger partial charge in [-0.1, -0.05) is 83.9 Å². The molecule has 0 aliphatic heterocycles. The highest BCUT2D eigenvalue weighted by molar-refractivity contribution is 7.92. The molecule has 2 amide bonds. The zero-order valence-corrected chi connectivity index (χ0v) is 27.5. The highest BCUT2D eigenvalue weighted by atomic mass is 35.5. The molecule has 0 unspecified atom stereocenters. The molecule has 43 heavy (non-hydrogen) atoms. The van der Waals surface area contributed by atoms with Gasteiger partial charge in [-0.3, -0.25) is 13.9 Å². The molecule has 1 fully saturated rings. The Morgan fingerprint density at radius 1 is 0.884 bits per heavy atom. The van der Waals surface area contributed by atoms with Crippen LogP contribution in [-0.4, -0.2) is 43.8 Å². The maximum absolute atomic E-state index is 14.2. The second-order valence-electron chi connectivity index (χ2n) is 11.0. The second kappa shape index (κ2) is 14.3. The number of aryl methyl sites for hydroxylation is 2. The summed E-state index contributed by atoms with van der Waals surface area (Å²) in [6.07, 6.45) is 4.98. The fraction of sp³-hybridized carbons (Fsp3) is 0.375. The molecule has 0 radical (unpaired) electrons. The molecule has 3 aromatic carbocycles. The average Bonchev–Trinajstić information content (AvgIpc) is 2.98. The molecule has 1 aliphatic rings. The third kappa shape index (κ3) is 8.24. The quantitative estimate of drug-likeness (QED) is 0.246. The highest BCUT2D eigenvalue weighted by Gasteiger charge is 2.33. The number of hydrogen-bond acceptors (Lipinski definition) is 4. The Balaban J connectivity index is 1.71. The van der Waals surface area contributed by atoms with Crippen molar-refractivity contribution in [3.63, 3.8) is 0 Å². The molecular formula is C32H36Cl3N3O4S. The van der Waals surface area contributed by atoms with Gasteiger partial charge >= 0.3 is 0 Å². The Bertz CT molecular complexity index is 1580. The van der Waals surface area contributed by atoms with Crippen LogP contribution in [0.3, 0.4) is 0 Å². The smallest absolute Gasteiger partial charge is 0.264 e. The zero-order chi connectivity index (χ0) is 31.3. The van der Waals surface area contributed by atoms with Gasteiger partial charge in [-0.25, -0.2) is 8.42 Å². The minimum absolute atomic E-state index is 0.0159. The summed E-state index contributed by atoms with van der Waals surface area (Å²) in [5.41, 5.74) is 2.54. The van der Waals surface area contributed by atoms with Crippen LogP contribution in [0, 0.1) is 13.8 Å². The number of carbonyl (C=O) groups is 2. The van der Waals surface area contributed by atoms with E-state index in [9.17, 15) is 18.0 Å². The summed E-state index contributed by atoms with van der Waals surface area (Å²) < 4.78 is 29.1. The molecule has 3 aromatic rings. The van der Waals surface area contributed by atoms with Crippen molar-refractivity contribution in [1.29, 1.82) is 0 Å². The minimum Gasteiger partial charge on any atom is -0.352 e. The molecule has 1 atom stereocenters. The van der Waals surface area contributed by atoms with Gasteiger partial charge in [0.25, 0.3) is 10.0 Å². The number of anilines is 1. The van der Waals surface area contributed by atoms with Crippen LogP contribution in [0.1, 0.15) is 55.7 Å². The number of nitrogens with zero attached hydrogens (tertiary/aromatic N) is 2. The van der Waals surface area contributed by atoms with Gasteiger partial charge in [0, 0.05) is 17.6 Å². The van der Waals surface area contributed by atoms with Crippen LogP contribution < -0.4 is 9.62 Å². The molecule has 7 nitrogen and oxygen atoms in total. The Kier molecular flexibility index (Phi) is 11.0. The van der Waals surface area contributed by atoms with Gasteiger partial charge in [-0.2, -0.15) is 0 Å². The number of carbonyl (C=O) groups excluding carboxylic acids is 2. The van der Waals surface area contributed by atoms with Crippen molar-refractivity contribution < 1.29 is 18.0 Å². The first-order valence-electron chi connectivity index (χ1n) is 14.3. The molecule has 4 rings (SSSR count). The summed E-state index contributed by atoms with van der Waals surface area (Å²) in [5, 5.41) is 4.12. The summed E-state index contributed by atoms with van der Waals surface area (Å²) in [4.78, 5) is 29.0. The number of amides is 2. The highest BCUT2D eigenvalue weighted by Crippen LogP contribution is 2.29. The SMILES string of the molecule is Cc1ccc(S(=O)(=O)N(CC(=O)N(Cc2ccc(Cl)c(Cl)c2)[C@H](C)C(=O)NC2CCCCC2)c2ccc(C)c(Cl)c2)cc1. The van der Waals surface area contributed by atoms with E-state index in [0.29, 0.717) is 20.6 Å². The lowest BCUT2D eigenvalue weighted by atomic mass is 9.95. The van der Waals surface area contributed by atoms with Crippen LogP contribution >= 0.6 is 34.8 Å². The van der Waals surface area contributed by atoms with E-state index in [-0.39, 0.29) is 29.1 Å². The van der Waals surface area contributed by atoms with Gasteiger partial charge in [0.2, 0.25) is 11.8 Å². The lowest BCUT2D eigenvalue weighted by Gasteiger charge is -2.33. The van der Waals surface area contributed by atoms with Crippen LogP contribution in [0.4, 0.5) is 5.69 Å². The first-order valence-corrected chi connectivity index (χ1v) is 16.8. The van der Waals surface area contributed by atoms with Gasteiger partial charge < -0.3 is 10.2 Å². The van der Waals surface area contributed by atoms with E-state index in [0.717, 1.165) is 47.5 Å². The summed E-state index contributed by atoms with van der Waals surface area (Å²) in [5.74, 6) is -0.864. The first kappa shape index (κ1) is 33.1. The van der Waals surface area contributed by atoms with Crippen LogP contribution in [0.15, 0.2) is 65.6 Å². The van der Waals surface area contributed by atoms with E-state index in [2.05, 4.69) is 5.32 Å². The van der Waals surface area contributed by atoms with E-state index < -0.39 is 28.5 Å². The van der Waals surface area contributed by atoms with Gasteiger partial charge in [0.1, 0.15) is 12.6 Å². The van der Waals surface area contributed by atoms with Crippen LogP contribution in [0.25, 0.3) is 0 Å². The third-order valence-corrected chi connectivity index (χ3v) is 10.7. The minimum atomic E-state index is -4.19. The predicted molar refractivity (Wildman–Crippen MR) is 173 cm³/mol. The largest absolute Gasteiger partial charge is 0.352 e. The normalized spacial score (nSPS) is 14.7. The summed E-state index contributed by atoms with van der Waals surface area (Å²) in [6, 6.07) is 15.4. The number of rotatable bonds is 10. The van der Waals surface area contributed by atoms with Gasteiger partial charge in [-0.05, 0) is 81.1 Å². The Morgan fingerprint density at radius 2 is 1.56 bits per heavy atom. The maximum atomic E-state index is 14.2. The van der Waals surface area contributed by atoms with Crippen LogP contribution in [-0.2, 0) is 26.2 Å². The molecule has 0 saturated heterocycles. The number of hydrogen-bond donors (Lipinski definition) is 1. The van der Waals surface area contributed by atoms with Crippen molar-refractivity contribution in [1.82, 2.24) is 10.2 Å². The van der Waals surface area contributed by atoms with Crippen molar-refractivity contribution >= 4 is 62.3 Å². The summed E-state index contributed by atoms with van der Waals surface area (Å²) in [7, 11) is -4.19. The fourth-order valence-electron chi connectivity index (χ4n) is 5.09. The monoisotopic (exact) mass is 663 g/mol. The standard InChI is InChI=1S/C32H36Cl3N3O4S/c1-21-9-14-27(15-10-21)43(41,42)38(26-13-11-22(2)29(34)18-26)20-31(39)37(19-24-12-16-28(33)30(35)17-24)23(3)32(40)36-25-7-5-4-6-8-25/h9-18,23,25H,4-8,19-20H2,1-3H3,(H,36,40)/t23-/m1/s1. The van der Waals surface area contributed by atoms with Gasteiger partial charge in [0.05, 0.1) is 20.6 Å². The molecule has 1 saturated carbocycles. The van der Waals surface area contributed by atoms with Crippen molar-refractivity contribution in [2.24, 2.45) is 0 Å². The molecule has 0 aromatic heterocycles. The van der Waals surface area contributed by atoms with Crippen molar-refractivity contribution in [3.8, 4) is 0 Å². The molecule has 11 heteroatoms. The fourth-order valence-corrected chi connectivity index (χ4v) is 6.99. The summed E-state index contributed by atoms with van der Waals surface area (Å²) >= 11 is 18.8. The molecule has 0 bridgehead atoms. The molecule has 230 valence electrons. The molecule has 1 aliphatic carbocycles. The number of nitrogens with one attached hydrogen (secondary N) is 1. The second-order valence-corrected chi connectivity index (χ2v) is 14.1. The van der Waals surface area contributed by atoms with Crippen molar-refractivity contribution in [3.05, 3.63) is 92.4 Å². The van der Waals surface area contributed by atoms with Crippen LogP contribution in [0.2, 0.25) is 15.1 Å². The average molecular weight is 665 g/mol. The van der Waals surface area contributed by atoms with Crippen LogP contribution in [0.5, 0.6) is 0 Å². The van der Waals surface area contributed by atoms with E-state index in [4.69, 9.17) is 34.8 Å². The topological polar surface area (TPSA) is 86.8 Å². The first-order chi connectivity index (χ1) is 20.4. The molecule has 0 spiro atoms. The molecule has 0 heterocycles. The number of halogens is 3. The number of benzene rings is 3. The Labute approximate surface area is 269 Å². The Hall–Kier alpha value is -2.78. The maximum Gasteiger partial charge on any atom is 0.264 e. The van der Waals surface area contributed by atoms with Crippen molar-refractivity contribution in [2.75, 3.05) is 10.8 Å². The van der Waals surface area contributed by atoms with E-state index in [1.54, 1.807) is 49.4 Å². The molecule has 1 N–H and O–H groups in total.